The summed E-state index contributed by atoms with van der Waals surface area (Å²) in [5.41, 5.74) is 1.89. The van der Waals surface area contributed by atoms with Crippen LogP contribution in [0, 0.1) is 0 Å². The van der Waals surface area contributed by atoms with Gasteiger partial charge in [0, 0.05) is 12.7 Å². The van der Waals surface area contributed by atoms with Crippen LogP contribution >= 0.6 is 0 Å². The molecule has 0 fully saturated rings. The third-order valence-corrected chi connectivity index (χ3v) is 6.32. The third kappa shape index (κ3) is 5.60. The van der Waals surface area contributed by atoms with E-state index in [0.29, 0.717) is 17.7 Å². The summed E-state index contributed by atoms with van der Waals surface area (Å²) in [6.45, 7) is 4.93. The third-order valence-electron chi connectivity index (χ3n) is 4.57. The molecule has 7 nitrogen and oxygen atoms in total. The maximum Gasteiger partial charge on any atom is 0.253 e. The molecule has 2 rings (SSSR count). The number of pyridine rings is 1. The molecule has 1 aromatic carbocycles. The van der Waals surface area contributed by atoms with Gasteiger partial charge in [-0.2, -0.15) is 0 Å². The van der Waals surface area contributed by atoms with E-state index in [4.69, 9.17) is 0 Å². The fourth-order valence-electron chi connectivity index (χ4n) is 2.59. The van der Waals surface area contributed by atoms with Crippen LogP contribution in [0.5, 0.6) is 0 Å². The summed E-state index contributed by atoms with van der Waals surface area (Å²) in [5, 5.41) is 12.4. The van der Waals surface area contributed by atoms with Gasteiger partial charge in [0.1, 0.15) is 0 Å². The summed E-state index contributed by atoms with van der Waals surface area (Å²) in [7, 11) is -1.30. The minimum atomic E-state index is -3.29. The van der Waals surface area contributed by atoms with Gasteiger partial charge in [-0.3, -0.25) is 9.78 Å². The Morgan fingerprint density at radius 1 is 1.18 bits per heavy atom. The van der Waals surface area contributed by atoms with Crippen molar-refractivity contribution in [1.82, 2.24) is 15.2 Å². The van der Waals surface area contributed by atoms with E-state index in [1.54, 1.807) is 31.2 Å². The average Bonchev–Trinajstić information content (AvgIpc) is 2.72. The quantitative estimate of drug-likeness (QED) is 0.660. The van der Waals surface area contributed by atoms with E-state index in [-0.39, 0.29) is 23.2 Å². The van der Waals surface area contributed by atoms with Crippen LogP contribution in [0.25, 0.3) is 0 Å². The minimum Gasteiger partial charge on any atom is -0.394 e. The number of benzene rings is 1. The highest BCUT2D eigenvalue weighted by Gasteiger charge is 2.17. The molecule has 0 radical (unpaired) electrons. The van der Waals surface area contributed by atoms with Crippen LogP contribution in [0.4, 0.5) is 0 Å². The van der Waals surface area contributed by atoms with Crippen LogP contribution in [0.15, 0.2) is 47.5 Å². The summed E-state index contributed by atoms with van der Waals surface area (Å²) >= 11 is 0. The highest BCUT2D eigenvalue weighted by Crippen LogP contribution is 2.18. The summed E-state index contributed by atoms with van der Waals surface area (Å²) in [6.07, 6.45) is 1.51. The number of rotatable bonds is 9. The zero-order chi connectivity index (χ0) is 20.7. The molecule has 0 aliphatic heterocycles. The van der Waals surface area contributed by atoms with Gasteiger partial charge in [-0.15, -0.1) is 0 Å². The molecule has 0 saturated carbocycles. The van der Waals surface area contributed by atoms with Crippen molar-refractivity contribution in [2.45, 2.75) is 31.3 Å². The topological polar surface area (TPSA) is 99.6 Å². The number of aliphatic hydroxyl groups excluding tert-OH is 1. The van der Waals surface area contributed by atoms with Gasteiger partial charge in [0.25, 0.3) is 5.91 Å². The molecule has 1 heterocycles. The van der Waals surface area contributed by atoms with Crippen molar-refractivity contribution in [3.8, 4) is 0 Å². The molecule has 2 aromatic rings. The molecule has 1 aromatic heterocycles. The first kappa shape index (κ1) is 22.0. The Labute approximate surface area is 166 Å². The predicted molar refractivity (Wildman–Crippen MR) is 108 cm³/mol. The molecule has 152 valence electrons. The molecule has 8 heteroatoms. The Bertz CT molecular complexity index is 881. The highest BCUT2D eigenvalue weighted by molar-refractivity contribution is 7.91. The molecular formula is C20H27N3O4S. The van der Waals surface area contributed by atoms with Gasteiger partial charge in [0.15, 0.2) is 9.84 Å². The Balaban J connectivity index is 2.08. The predicted octanol–water partition coefficient (Wildman–Crippen LogP) is 1.79. The van der Waals surface area contributed by atoms with E-state index in [0.717, 1.165) is 12.2 Å². The number of sulfone groups is 1. The number of aromatic nitrogens is 1. The lowest BCUT2D eigenvalue weighted by molar-refractivity contribution is 0.0915. The monoisotopic (exact) mass is 405 g/mol. The molecule has 0 spiro atoms. The summed E-state index contributed by atoms with van der Waals surface area (Å²) in [5.74, 6) is -0.337. The first-order valence-corrected chi connectivity index (χ1v) is 10.8. The smallest absolute Gasteiger partial charge is 0.253 e. The SMILES string of the molecule is CCN(C)Cc1ccc(C(=O)NC(CO)c2ccc(S(=O)(=O)CC)cc2)cn1. The molecular weight excluding hydrogens is 378 g/mol. The number of nitrogens with one attached hydrogen (secondary N) is 1. The number of amides is 1. The van der Waals surface area contributed by atoms with Crippen LogP contribution in [0.2, 0.25) is 0 Å². The maximum absolute atomic E-state index is 12.5. The molecule has 0 aliphatic carbocycles. The molecule has 0 bridgehead atoms. The van der Waals surface area contributed by atoms with Gasteiger partial charge in [-0.05, 0) is 43.4 Å². The van der Waals surface area contributed by atoms with Gasteiger partial charge in [0.2, 0.25) is 0 Å². The summed E-state index contributed by atoms with van der Waals surface area (Å²) < 4.78 is 23.8. The van der Waals surface area contributed by atoms with E-state index < -0.39 is 15.9 Å². The molecule has 0 saturated heterocycles. The lowest BCUT2D eigenvalue weighted by atomic mass is 10.1. The van der Waals surface area contributed by atoms with Crippen molar-refractivity contribution in [2.24, 2.45) is 0 Å². The first-order valence-electron chi connectivity index (χ1n) is 9.18. The van der Waals surface area contributed by atoms with Gasteiger partial charge < -0.3 is 15.3 Å². The lowest BCUT2D eigenvalue weighted by Gasteiger charge is -2.17. The van der Waals surface area contributed by atoms with Crippen LogP contribution in [-0.4, -0.2) is 55.3 Å². The Morgan fingerprint density at radius 2 is 1.86 bits per heavy atom. The minimum absolute atomic E-state index is 0.0174. The van der Waals surface area contributed by atoms with E-state index in [1.807, 2.05) is 7.05 Å². The normalized spacial score (nSPS) is 12.8. The maximum atomic E-state index is 12.5. The average molecular weight is 406 g/mol. The zero-order valence-electron chi connectivity index (χ0n) is 16.4. The van der Waals surface area contributed by atoms with Crippen LogP contribution in [0.1, 0.15) is 41.5 Å². The van der Waals surface area contributed by atoms with E-state index >= 15 is 0 Å². The first-order chi connectivity index (χ1) is 13.3. The van der Waals surface area contributed by atoms with Crippen molar-refractivity contribution >= 4 is 15.7 Å². The zero-order valence-corrected chi connectivity index (χ0v) is 17.2. The fraction of sp³-hybridized carbons (Fsp3) is 0.400. The van der Waals surface area contributed by atoms with Crippen molar-refractivity contribution in [1.29, 1.82) is 0 Å². The summed E-state index contributed by atoms with van der Waals surface area (Å²) in [4.78, 5) is 19.1. The van der Waals surface area contributed by atoms with Crippen LogP contribution < -0.4 is 5.32 Å². The Morgan fingerprint density at radius 3 is 2.36 bits per heavy atom. The molecule has 28 heavy (non-hydrogen) atoms. The van der Waals surface area contributed by atoms with E-state index in [9.17, 15) is 18.3 Å². The molecule has 2 N–H and O–H groups in total. The number of carbonyl (C=O) groups excluding carboxylic acids is 1. The molecule has 1 unspecified atom stereocenters. The fourth-order valence-corrected chi connectivity index (χ4v) is 3.47. The molecule has 1 amide bonds. The largest absolute Gasteiger partial charge is 0.394 e. The van der Waals surface area contributed by atoms with Crippen molar-refractivity contribution < 1.29 is 18.3 Å². The second-order valence-corrected chi connectivity index (χ2v) is 8.83. The number of hydrogen-bond donors (Lipinski definition) is 2. The number of aliphatic hydroxyl groups is 1. The number of nitrogens with zero attached hydrogens (tertiary/aromatic N) is 2. The van der Waals surface area contributed by atoms with Crippen LogP contribution in [0.3, 0.4) is 0 Å². The standard InChI is InChI=1S/C20H27N3O4S/c1-4-23(3)13-17-9-6-16(12-21-17)20(25)22-19(14-24)15-7-10-18(11-8-15)28(26,27)5-2/h6-12,19,24H,4-5,13-14H2,1-3H3,(H,22,25). The second-order valence-electron chi connectivity index (χ2n) is 6.55. The van der Waals surface area contributed by atoms with E-state index in [2.05, 4.69) is 22.1 Å². The number of hydrogen-bond acceptors (Lipinski definition) is 6. The highest BCUT2D eigenvalue weighted by atomic mass is 32.2. The lowest BCUT2D eigenvalue weighted by Crippen LogP contribution is -2.31. The molecule has 0 aliphatic rings. The van der Waals surface area contributed by atoms with Gasteiger partial charge in [0.05, 0.1) is 34.6 Å². The Hall–Kier alpha value is -2.29. The van der Waals surface area contributed by atoms with Crippen molar-refractivity contribution in [3.05, 3.63) is 59.4 Å². The number of carbonyl (C=O) groups is 1. The summed E-state index contributed by atoms with van der Waals surface area (Å²) in [6, 6.07) is 9.05. The van der Waals surface area contributed by atoms with Gasteiger partial charge in [-0.1, -0.05) is 26.0 Å². The Kier molecular flexibility index (Phi) is 7.68. The van der Waals surface area contributed by atoms with Gasteiger partial charge >= 0.3 is 0 Å². The molecule has 1 atom stereocenters. The van der Waals surface area contributed by atoms with Gasteiger partial charge in [-0.25, -0.2) is 8.42 Å². The second kappa shape index (κ2) is 9.77. The van der Waals surface area contributed by atoms with E-state index in [1.165, 1.54) is 18.3 Å². The van der Waals surface area contributed by atoms with Crippen molar-refractivity contribution in [3.63, 3.8) is 0 Å². The van der Waals surface area contributed by atoms with Crippen LogP contribution in [-0.2, 0) is 16.4 Å². The van der Waals surface area contributed by atoms with Crippen molar-refractivity contribution in [2.75, 3.05) is 26.0 Å².